The van der Waals surface area contributed by atoms with E-state index in [0.717, 1.165) is 36.0 Å². The quantitative estimate of drug-likeness (QED) is 0.721. The number of fused-ring (bicyclic) bond motifs is 1. The molecule has 0 bridgehead atoms. The van der Waals surface area contributed by atoms with Crippen LogP contribution in [0.25, 0.3) is 0 Å². The molecule has 0 amide bonds. The highest BCUT2D eigenvalue weighted by Gasteiger charge is 2.22. The summed E-state index contributed by atoms with van der Waals surface area (Å²) in [5, 5.41) is -0.128. The Morgan fingerprint density at radius 2 is 2.00 bits per heavy atom. The summed E-state index contributed by atoms with van der Waals surface area (Å²) in [6, 6.07) is 3.71. The molecule has 3 heterocycles. The molecule has 1 aliphatic rings. The molecule has 0 spiro atoms. The van der Waals surface area contributed by atoms with Gasteiger partial charge in [0.1, 0.15) is 0 Å². The van der Waals surface area contributed by atoms with Crippen LogP contribution in [-0.4, -0.2) is 55.3 Å². The Bertz CT molecular complexity index is 886. The van der Waals surface area contributed by atoms with Gasteiger partial charge in [-0.05, 0) is 18.1 Å². The van der Waals surface area contributed by atoms with Crippen molar-refractivity contribution >= 4 is 9.84 Å². The molecular weight excluding hydrogens is 344 g/mol. The standard InChI is InChI=1S/C16H20N4O4S/c1-23-14-5-4-12(15(19-14)24-2)9-20-7-6-11-8-17-16(25(3,21)22)18-13(11)10-20/h4-5,8H,6-7,9-10H2,1-3H3. The van der Waals surface area contributed by atoms with Gasteiger partial charge in [-0.25, -0.2) is 18.4 Å². The summed E-state index contributed by atoms with van der Waals surface area (Å²) < 4.78 is 33.8. The number of aromatic nitrogens is 3. The highest BCUT2D eigenvalue weighted by molar-refractivity contribution is 7.90. The molecule has 0 unspecified atom stereocenters. The van der Waals surface area contributed by atoms with E-state index in [1.54, 1.807) is 26.5 Å². The first-order valence-corrected chi connectivity index (χ1v) is 9.65. The maximum atomic E-state index is 11.7. The van der Waals surface area contributed by atoms with Crippen molar-refractivity contribution in [2.75, 3.05) is 27.0 Å². The zero-order chi connectivity index (χ0) is 18.0. The lowest BCUT2D eigenvalue weighted by Gasteiger charge is -2.28. The average molecular weight is 364 g/mol. The summed E-state index contributed by atoms with van der Waals surface area (Å²) in [5.41, 5.74) is 2.68. The smallest absolute Gasteiger partial charge is 0.247 e. The first kappa shape index (κ1) is 17.6. The lowest BCUT2D eigenvalue weighted by molar-refractivity contribution is 0.235. The molecule has 0 N–H and O–H groups in total. The predicted molar refractivity (Wildman–Crippen MR) is 90.3 cm³/mol. The molecule has 0 aromatic carbocycles. The largest absolute Gasteiger partial charge is 0.481 e. The van der Waals surface area contributed by atoms with Crippen molar-refractivity contribution in [1.29, 1.82) is 0 Å². The fourth-order valence-electron chi connectivity index (χ4n) is 2.76. The topological polar surface area (TPSA) is 94.5 Å². The van der Waals surface area contributed by atoms with E-state index < -0.39 is 9.84 Å². The van der Waals surface area contributed by atoms with Crippen molar-refractivity contribution in [1.82, 2.24) is 19.9 Å². The highest BCUT2D eigenvalue weighted by Crippen LogP contribution is 2.24. The number of sulfone groups is 1. The van der Waals surface area contributed by atoms with Crippen LogP contribution in [0.1, 0.15) is 16.8 Å². The van der Waals surface area contributed by atoms with Crippen molar-refractivity contribution in [3.8, 4) is 11.8 Å². The number of hydrogen-bond acceptors (Lipinski definition) is 8. The summed E-state index contributed by atoms with van der Waals surface area (Å²) in [6.45, 7) is 2.00. The first-order chi connectivity index (χ1) is 11.9. The number of pyridine rings is 1. The van der Waals surface area contributed by atoms with E-state index in [9.17, 15) is 8.42 Å². The Balaban J connectivity index is 1.81. The second-order valence-electron chi connectivity index (χ2n) is 5.88. The Hall–Kier alpha value is -2.26. The second kappa shape index (κ2) is 6.93. The van der Waals surface area contributed by atoms with Gasteiger partial charge in [-0.3, -0.25) is 4.90 Å². The molecule has 2 aromatic rings. The molecule has 0 radical (unpaired) electrons. The van der Waals surface area contributed by atoms with Crippen molar-refractivity contribution in [3.05, 3.63) is 35.2 Å². The fraction of sp³-hybridized carbons (Fsp3) is 0.438. The molecule has 3 rings (SSSR count). The third-order valence-corrected chi connectivity index (χ3v) is 4.90. The number of nitrogens with zero attached hydrogens (tertiary/aromatic N) is 4. The minimum absolute atomic E-state index is 0.128. The Labute approximate surface area is 146 Å². The summed E-state index contributed by atoms with van der Waals surface area (Å²) in [6.07, 6.45) is 3.50. The summed E-state index contributed by atoms with van der Waals surface area (Å²) in [4.78, 5) is 14.7. The lowest BCUT2D eigenvalue weighted by atomic mass is 10.1. The van der Waals surface area contributed by atoms with E-state index in [1.807, 2.05) is 6.07 Å². The van der Waals surface area contributed by atoms with Gasteiger partial charge in [0.15, 0.2) is 0 Å². The molecule has 0 atom stereocenters. The van der Waals surface area contributed by atoms with Crippen molar-refractivity contribution in [2.24, 2.45) is 0 Å². The van der Waals surface area contributed by atoms with E-state index in [2.05, 4.69) is 19.9 Å². The molecule has 0 fully saturated rings. The van der Waals surface area contributed by atoms with Gasteiger partial charge in [-0.1, -0.05) is 0 Å². The molecular formula is C16H20N4O4S. The molecule has 8 nitrogen and oxygen atoms in total. The number of ether oxygens (including phenoxy) is 2. The Morgan fingerprint density at radius 1 is 1.20 bits per heavy atom. The van der Waals surface area contributed by atoms with Crippen LogP contribution < -0.4 is 9.47 Å². The van der Waals surface area contributed by atoms with Gasteiger partial charge in [-0.2, -0.15) is 4.98 Å². The maximum absolute atomic E-state index is 11.7. The van der Waals surface area contributed by atoms with E-state index in [1.165, 1.54) is 0 Å². The van der Waals surface area contributed by atoms with Gasteiger partial charge in [-0.15, -0.1) is 0 Å². The second-order valence-corrected chi connectivity index (χ2v) is 7.79. The number of rotatable bonds is 5. The van der Waals surface area contributed by atoms with Gasteiger partial charge in [0.2, 0.25) is 26.8 Å². The van der Waals surface area contributed by atoms with Crippen LogP contribution >= 0.6 is 0 Å². The van der Waals surface area contributed by atoms with E-state index in [4.69, 9.17) is 9.47 Å². The van der Waals surface area contributed by atoms with Gasteiger partial charge >= 0.3 is 0 Å². The maximum Gasteiger partial charge on any atom is 0.247 e. The zero-order valence-corrected chi connectivity index (χ0v) is 15.2. The van der Waals surface area contributed by atoms with E-state index in [0.29, 0.717) is 24.8 Å². The van der Waals surface area contributed by atoms with Gasteiger partial charge in [0.25, 0.3) is 0 Å². The van der Waals surface area contributed by atoms with Crippen LogP contribution in [0.4, 0.5) is 0 Å². The van der Waals surface area contributed by atoms with Crippen molar-refractivity contribution < 1.29 is 17.9 Å². The Kier molecular flexibility index (Phi) is 4.87. The molecule has 0 saturated heterocycles. The first-order valence-electron chi connectivity index (χ1n) is 7.76. The van der Waals surface area contributed by atoms with Crippen LogP contribution in [0.5, 0.6) is 11.8 Å². The van der Waals surface area contributed by atoms with Crippen LogP contribution in [0, 0.1) is 0 Å². The van der Waals surface area contributed by atoms with Crippen molar-refractivity contribution in [3.63, 3.8) is 0 Å². The monoisotopic (exact) mass is 364 g/mol. The third-order valence-electron chi connectivity index (χ3n) is 4.04. The van der Waals surface area contributed by atoms with Crippen molar-refractivity contribution in [2.45, 2.75) is 24.7 Å². The van der Waals surface area contributed by atoms with Crippen LogP contribution in [-0.2, 0) is 29.3 Å². The number of hydrogen-bond donors (Lipinski definition) is 0. The summed E-state index contributed by atoms with van der Waals surface area (Å²) >= 11 is 0. The molecule has 25 heavy (non-hydrogen) atoms. The molecule has 0 saturated carbocycles. The van der Waals surface area contributed by atoms with E-state index in [-0.39, 0.29) is 5.16 Å². The molecule has 1 aliphatic heterocycles. The highest BCUT2D eigenvalue weighted by atomic mass is 32.2. The minimum Gasteiger partial charge on any atom is -0.481 e. The SMILES string of the molecule is COc1ccc(CN2CCc3cnc(S(C)(=O)=O)nc3C2)c(OC)n1. The Morgan fingerprint density at radius 3 is 2.68 bits per heavy atom. The summed E-state index contributed by atoms with van der Waals surface area (Å²) in [7, 11) is -0.286. The molecule has 0 aliphatic carbocycles. The van der Waals surface area contributed by atoms with Gasteiger partial charge in [0, 0.05) is 43.7 Å². The zero-order valence-electron chi connectivity index (χ0n) is 14.4. The van der Waals surface area contributed by atoms with Gasteiger partial charge in [0.05, 0.1) is 19.9 Å². The predicted octanol–water partition coefficient (Wildman–Crippen LogP) is 0.851. The fourth-order valence-corrected chi connectivity index (χ4v) is 3.28. The third kappa shape index (κ3) is 3.88. The summed E-state index contributed by atoms with van der Waals surface area (Å²) in [5.74, 6) is 1.01. The van der Waals surface area contributed by atoms with Crippen LogP contribution in [0.3, 0.4) is 0 Å². The molecule has 134 valence electrons. The molecule has 2 aromatic heterocycles. The number of methoxy groups -OCH3 is 2. The lowest BCUT2D eigenvalue weighted by Crippen LogP contribution is -2.31. The normalized spacial score (nSPS) is 14.8. The average Bonchev–Trinajstić information content (AvgIpc) is 2.60. The van der Waals surface area contributed by atoms with E-state index >= 15 is 0 Å². The molecule has 9 heteroatoms. The van der Waals surface area contributed by atoms with Gasteiger partial charge < -0.3 is 9.47 Å². The van der Waals surface area contributed by atoms with Crippen LogP contribution in [0.2, 0.25) is 0 Å². The minimum atomic E-state index is -3.42. The van der Waals surface area contributed by atoms with Crippen LogP contribution in [0.15, 0.2) is 23.5 Å².